The molecule has 0 saturated heterocycles. The van der Waals surface area contributed by atoms with Gasteiger partial charge in [0.2, 0.25) is 5.78 Å². The molecule has 5 rings (SSSR count). The summed E-state index contributed by atoms with van der Waals surface area (Å²) >= 11 is 0. The van der Waals surface area contributed by atoms with E-state index < -0.39 is 11.2 Å². The lowest BCUT2D eigenvalue weighted by Gasteiger charge is -2.11. The highest BCUT2D eigenvalue weighted by Gasteiger charge is 2.23. The third-order valence-electron chi connectivity index (χ3n) is 6.05. The molecule has 33 heavy (non-hydrogen) atoms. The summed E-state index contributed by atoms with van der Waals surface area (Å²) in [7, 11) is 1.56. The van der Waals surface area contributed by atoms with Gasteiger partial charge in [0.25, 0.3) is 5.56 Å². The van der Waals surface area contributed by atoms with Gasteiger partial charge in [0.15, 0.2) is 11.2 Å². The summed E-state index contributed by atoms with van der Waals surface area (Å²) in [5.41, 5.74) is 4.45. The van der Waals surface area contributed by atoms with Crippen molar-refractivity contribution in [3.63, 3.8) is 0 Å². The molecule has 0 saturated carbocycles. The summed E-state index contributed by atoms with van der Waals surface area (Å²) in [6.45, 7) is 5.18. The first-order valence-electron chi connectivity index (χ1n) is 10.6. The number of hydrogen-bond acceptors (Lipinski definition) is 4. The molecule has 0 spiro atoms. The van der Waals surface area contributed by atoms with Crippen molar-refractivity contribution in [3.8, 4) is 16.9 Å². The number of hydrogen-bond donors (Lipinski definition) is 0. The Morgan fingerprint density at radius 2 is 1.73 bits per heavy atom. The molecule has 8 nitrogen and oxygen atoms in total. The Kier molecular flexibility index (Phi) is 4.67. The predicted molar refractivity (Wildman–Crippen MR) is 127 cm³/mol. The second kappa shape index (κ2) is 7.44. The van der Waals surface area contributed by atoms with Crippen LogP contribution in [0.15, 0.2) is 64.3 Å². The van der Waals surface area contributed by atoms with Crippen molar-refractivity contribution in [2.45, 2.75) is 27.3 Å². The van der Waals surface area contributed by atoms with Crippen LogP contribution in [0.5, 0.6) is 0 Å². The van der Waals surface area contributed by atoms with Crippen LogP contribution in [0.2, 0.25) is 0 Å². The number of aromatic nitrogens is 5. The lowest BCUT2D eigenvalue weighted by Crippen LogP contribution is -2.40. The maximum atomic E-state index is 13.3. The molecule has 0 fully saturated rings. The Labute approximate surface area is 189 Å². The molecule has 5 aromatic rings. The van der Waals surface area contributed by atoms with Crippen molar-refractivity contribution in [1.29, 1.82) is 0 Å². The van der Waals surface area contributed by atoms with Gasteiger partial charge in [0.05, 0.1) is 12.2 Å². The van der Waals surface area contributed by atoms with Crippen molar-refractivity contribution in [2.75, 3.05) is 0 Å². The van der Waals surface area contributed by atoms with Crippen molar-refractivity contribution in [3.05, 3.63) is 86.7 Å². The van der Waals surface area contributed by atoms with E-state index in [1.165, 1.54) is 17.1 Å². The van der Waals surface area contributed by atoms with Crippen LogP contribution in [-0.4, -0.2) is 28.9 Å². The maximum absolute atomic E-state index is 13.3. The predicted octanol–water partition coefficient (Wildman–Crippen LogP) is 3.01. The van der Waals surface area contributed by atoms with Gasteiger partial charge in [0.1, 0.15) is 5.78 Å². The number of carbonyl (C=O) groups is 1. The van der Waals surface area contributed by atoms with Gasteiger partial charge in [0, 0.05) is 24.5 Å². The first-order valence-corrected chi connectivity index (χ1v) is 10.6. The van der Waals surface area contributed by atoms with Crippen LogP contribution in [0.4, 0.5) is 0 Å². The van der Waals surface area contributed by atoms with Gasteiger partial charge in [-0.15, -0.1) is 0 Å². The minimum absolute atomic E-state index is 0.258. The topological polar surface area (TPSA) is 83.3 Å². The highest BCUT2D eigenvalue weighted by molar-refractivity contribution is 5.80. The molecule has 0 N–H and O–H groups in total. The Morgan fingerprint density at radius 1 is 1.00 bits per heavy atom. The number of Topliss-reactive ketones (excluding diaryl/α,β-unsaturated/α-hetero) is 1. The quantitative estimate of drug-likeness (QED) is 0.429. The molecule has 0 aliphatic carbocycles. The molecule has 0 unspecified atom stereocenters. The minimum Gasteiger partial charge on any atom is -0.298 e. The Balaban J connectivity index is 1.94. The molecule has 0 bridgehead atoms. The number of aryl methyl sites for hydroxylation is 3. The van der Waals surface area contributed by atoms with E-state index in [0.717, 1.165) is 27.1 Å². The first kappa shape index (κ1) is 20.7. The smallest absolute Gasteiger partial charge is 0.298 e. The average molecular weight is 441 g/mol. The summed E-state index contributed by atoms with van der Waals surface area (Å²) in [5.74, 6) is 0.242. The second-order valence-corrected chi connectivity index (χ2v) is 8.37. The summed E-state index contributed by atoms with van der Waals surface area (Å²) in [6, 6.07) is 16.0. The monoisotopic (exact) mass is 441 g/mol. The number of benzene rings is 2. The van der Waals surface area contributed by atoms with Crippen molar-refractivity contribution >= 4 is 22.7 Å². The largest absolute Gasteiger partial charge is 0.332 e. The zero-order valence-electron chi connectivity index (χ0n) is 18.9. The van der Waals surface area contributed by atoms with Crippen LogP contribution < -0.4 is 11.2 Å². The fourth-order valence-electron chi connectivity index (χ4n) is 4.19. The number of imidazole rings is 2. The molecule has 3 aromatic heterocycles. The number of ketones is 1. The Bertz CT molecular complexity index is 1680. The molecule has 166 valence electrons. The summed E-state index contributed by atoms with van der Waals surface area (Å²) in [4.78, 5) is 42.6. The van der Waals surface area contributed by atoms with Crippen LogP contribution in [0.25, 0.3) is 33.9 Å². The van der Waals surface area contributed by atoms with Gasteiger partial charge < -0.3 is 0 Å². The standard InChI is InChI=1S/C25H23N5O3/c1-15-10-11-19(12-16(15)2)30-20(18-8-6-5-7-9-18)14-28-21-22(26-24(28)30)27(4)25(33)29(23(21)32)13-17(3)31/h5-12,14H,13H2,1-4H3. The number of rotatable bonds is 4. The fourth-order valence-corrected chi connectivity index (χ4v) is 4.19. The number of fused-ring (bicyclic) bond motifs is 3. The van der Waals surface area contributed by atoms with Crippen molar-refractivity contribution in [2.24, 2.45) is 7.05 Å². The van der Waals surface area contributed by atoms with E-state index in [4.69, 9.17) is 4.98 Å². The van der Waals surface area contributed by atoms with Crippen LogP contribution in [0, 0.1) is 13.8 Å². The van der Waals surface area contributed by atoms with Gasteiger partial charge in [-0.1, -0.05) is 36.4 Å². The van der Waals surface area contributed by atoms with Crippen LogP contribution in [-0.2, 0) is 18.4 Å². The van der Waals surface area contributed by atoms with Gasteiger partial charge in [-0.3, -0.25) is 27.7 Å². The zero-order chi connectivity index (χ0) is 23.4. The fraction of sp³-hybridized carbons (Fsp3) is 0.200. The molecular weight excluding hydrogens is 418 g/mol. The molecule has 3 heterocycles. The third-order valence-corrected chi connectivity index (χ3v) is 6.05. The number of nitrogens with zero attached hydrogens (tertiary/aromatic N) is 5. The Morgan fingerprint density at radius 3 is 2.39 bits per heavy atom. The summed E-state index contributed by atoms with van der Waals surface area (Å²) < 4.78 is 5.99. The first-order chi connectivity index (χ1) is 15.8. The van der Waals surface area contributed by atoms with E-state index >= 15 is 0 Å². The molecule has 8 heteroatoms. The highest BCUT2D eigenvalue weighted by atomic mass is 16.2. The highest BCUT2D eigenvalue weighted by Crippen LogP contribution is 2.29. The third kappa shape index (κ3) is 3.14. The average Bonchev–Trinajstić information content (AvgIpc) is 3.34. The normalized spacial score (nSPS) is 11.5. The van der Waals surface area contributed by atoms with E-state index in [2.05, 4.69) is 13.0 Å². The lowest BCUT2D eigenvalue weighted by atomic mass is 10.1. The summed E-state index contributed by atoms with van der Waals surface area (Å²) in [6.07, 6.45) is 1.86. The van der Waals surface area contributed by atoms with Gasteiger partial charge in [-0.05, 0) is 44.0 Å². The second-order valence-electron chi connectivity index (χ2n) is 8.37. The number of carbonyl (C=O) groups excluding carboxylic acids is 1. The molecule has 0 aliphatic heterocycles. The van der Waals surface area contributed by atoms with Crippen LogP contribution in [0.3, 0.4) is 0 Å². The van der Waals surface area contributed by atoms with Crippen molar-refractivity contribution < 1.29 is 4.79 Å². The lowest BCUT2D eigenvalue weighted by molar-refractivity contribution is -0.117. The van der Waals surface area contributed by atoms with E-state index in [-0.39, 0.29) is 23.5 Å². The summed E-state index contributed by atoms with van der Waals surface area (Å²) in [5, 5.41) is 0. The van der Waals surface area contributed by atoms with E-state index in [1.54, 1.807) is 11.4 Å². The zero-order valence-corrected chi connectivity index (χ0v) is 18.9. The molecule has 2 aromatic carbocycles. The molecule has 0 atom stereocenters. The molecular formula is C25H23N5O3. The van der Waals surface area contributed by atoms with Gasteiger partial charge >= 0.3 is 5.69 Å². The maximum Gasteiger partial charge on any atom is 0.332 e. The molecule has 0 amide bonds. The molecule has 0 radical (unpaired) electrons. The van der Waals surface area contributed by atoms with Crippen LogP contribution in [0.1, 0.15) is 18.1 Å². The van der Waals surface area contributed by atoms with Gasteiger partial charge in [-0.25, -0.2) is 4.79 Å². The van der Waals surface area contributed by atoms with Gasteiger partial charge in [-0.2, -0.15) is 4.98 Å². The van der Waals surface area contributed by atoms with Crippen LogP contribution >= 0.6 is 0 Å². The SMILES string of the molecule is CC(=O)Cn1c(=O)c2c(nc3n(-c4ccc(C)c(C)c4)c(-c4ccccc4)cn23)n(C)c1=O. The van der Waals surface area contributed by atoms with Crippen molar-refractivity contribution in [1.82, 2.24) is 23.1 Å². The van der Waals surface area contributed by atoms with E-state index in [0.29, 0.717) is 5.78 Å². The van der Waals surface area contributed by atoms with E-state index in [9.17, 15) is 14.4 Å². The van der Waals surface area contributed by atoms with E-state index in [1.807, 2.05) is 60.2 Å². The minimum atomic E-state index is -0.565. The Hall–Kier alpha value is -4.20. The molecule has 0 aliphatic rings.